The van der Waals surface area contributed by atoms with Gasteiger partial charge in [-0.05, 0) is 24.3 Å². The van der Waals surface area contributed by atoms with Crippen molar-refractivity contribution in [1.82, 2.24) is 0 Å². The lowest BCUT2D eigenvalue weighted by Gasteiger charge is -2.08. The van der Waals surface area contributed by atoms with Crippen LogP contribution in [0.25, 0.3) is 6.08 Å². The van der Waals surface area contributed by atoms with Gasteiger partial charge in [-0.3, -0.25) is 4.79 Å². The highest BCUT2D eigenvalue weighted by molar-refractivity contribution is 6.09. The van der Waals surface area contributed by atoms with Crippen molar-refractivity contribution in [3.05, 3.63) is 72.3 Å². The molecule has 126 valence electrons. The molecule has 2 aromatic carbocycles. The number of hydrogen-bond donors (Lipinski definition) is 1. The van der Waals surface area contributed by atoms with Gasteiger partial charge in [-0.15, -0.1) is 0 Å². The van der Waals surface area contributed by atoms with E-state index < -0.39 is 5.91 Å². The van der Waals surface area contributed by atoms with Crippen molar-refractivity contribution in [1.29, 1.82) is 5.26 Å². The molecule has 1 amide bonds. The summed E-state index contributed by atoms with van der Waals surface area (Å²) in [6, 6.07) is 16.0. The SMILES string of the molecule is C=CCOc1ccccc1/C=C(\C#N)C(=O)Nc1cccc(OC)c1. The van der Waals surface area contributed by atoms with Crippen molar-refractivity contribution < 1.29 is 14.3 Å². The second-order valence-corrected chi connectivity index (χ2v) is 4.99. The number of para-hydroxylation sites is 1. The first kappa shape index (κ1) is 17.8. The molecule has 25 heavy (non-hydrogen) atoms. The molecule has 0 bridgehead atoms. The van der Waals surface area contributed by atoms with Crippen LogP contribution in [0.5, 0.6) is 11.5 Å². The van der Waals surface area contributed by atoms with Gasteiger partial charge < -0.3 is 14.8 Å². The van der Waals surface area contributed by atoms with Gasteiger partial charge in [-0.1, -0.05) is 36.9 Å². The minimum Gasteiger partial charge on any atom is -0.497 e. The number of carbonyl (C=O) groups excluding carboxylic acids is 1. The molecule has 0 spiro atoms. The summed E-state index contributed by atoms with van der Waals surface area (Å²) in [7, 11) is 1.54. The van der Waals surface area contributed by atoms with E-state index >= 15 is 0 Å². The second kappa shape index (κ2) is 8.94. The largest absolute Gasteiger partial charge is 0.497 e. The molecule has 1 N–H and O–H groups in total. The van der Waals surface area contributed by atoms with Crippen LogP contribution in [0.15, 0.2) is 66.8 Å². The molecule has 0 aliphatic rings. The van der Waals surface area contributed by atoms with Gasteiger partial charge >= 0.3 is 0 Å². The van der Waals surface area contributed by atoms with Gasteiger partial charge in [0.15, 0.2) is 0 Å². The van der Waals surface area contributed by atoms with Crippen LogP contribution in [0, 0.1) is 11.3 Å². The normalized spacial score (nSPS) is 10.5. The van der Waals surface area contributed by atoms with Crippen molar-refractivity contribution in [2.75, 3.05) is 19.0 Å². The molecule has 0 saturated heterocycles. The first-order valence-corrected chi connectivity index (χ1v) is 7.58. The van der Waals surface area contributed by atoms with Crippen molar-refractivity contribution >= 4 is 17.7 Å². The lowest BCUT2D eigenvalue weighted by molar-refractivity contribution is -0.112. The summed E-state index contributed by atoms with van der Waals surface area (Å²) in [4.78, 5) is 12.4. The molecule has 0 aromatic heterocycles. The fourth-order valence-corrected chi connectivity index (χ4v) is 2.08. The average molecular weight is 334 g/mol. The quantitative estimate of drug-likeness (QED) is 0.475. The number of rotatable bonds is 7. The Bertz CT molecular complexity index is 835. The maximum Gasteiger partial charge on any atom is 0.266 e. The Morgan fingerprint density at radius 3 is 2.80 bits per heavy atom. The molecule has 5 nitrogen and oxygen atoms in total. The number of methoxy groups -OCH3 is 1. The van der Waals surface area contributed by atoms with Gasteiger partial charge in [0.2, 0.25) is 0 Å². The van der Waals surface area contributed by atoms with E-state index in [1.54, 1.807) is 49.6 Å². The number of hydrogen-bond acceptors (Lipinski definition) is 4. The zero-order valence-corrected chi connectivity index (χ0v) is 13.9. The Morgan fingerprint density at radius 2 is 2.08 bits per heavy atom. The predicted molar refractivity (Wildman–Crippen MR) is 97.3 cm³/mol. The van der Waals surface area contributed by atoms with Crippen molar-refractivity contribution in [3.8, 4) is 17.6 Å². The highest BCUT2D eigenvalue weighted by atomic mass is 16.5. The van der Waals surface area contributed by atoms with Gasteiger partial charge in [-0.2, -0.15) is 5.26 Å². The Kier molecular flexibility index (Phi) is 6.38. The molecule has 2 aromatic rings. The monoisotopic (exact) mass is 334 g/mol. The number of ether oxygens (including phenoxy) is 2. The van der Waals surface area contributed by atoms with E-state index in [2.05, 4.69) is 11.9 Å². The zero-order chi connectivity index (χ0) is 18.1. The third-order valence-corrected chi connectivity index (χ3v) is 3.27. The highest BCUT2D eigenvalue weighted by Gasteiger charge is 2.11. The van der Waals surface area contributed by atoms with Crippen LogP contribution < -0.4 is 14.8 Å². The lowest BCUT2D eigenvalue weighted by Crippen LogP contribution is -2.13. The molecule has 2 rings (SSSR count). The molecule has 0 radical (unpaired) electrons. The maximum absolute atomic E-state index is 12.4. The van der Waals surface area contributed by atoms with Crippen LogP contribution in [0.4, 0.5) is 5.69 Å². The summed E-state index contributed by atoms with van der Waals surface area (Å²) < 4.78 is 10.7. The fourth-order valence-electron chi connectivity index (χ4n) is 2.08. The van der Waals surface area contributed by atoms with Gasteiger partial charge in [0.1, 0.15) is 29.7 Å². The zero-order valence-electron chi connectivity index (χ0n) is 13.9. The van der Waals surface area contributed by atoms with Gasteiger partial charge in [0.25, 0.3) is 5.91 Å². The van der Waals surface area contributed by atoms with Crippen LogP contribution >= 0.6 is 0 Å². The molecular formula is C20H18N2O3. The first-order valence-electron chi connectivity index (χ1n) is 7.58. The second-order valence-electron chi connectivity index (χ2n) is 4.99. The van der Waals surface area contributed by atoms with Crippen molar-refractivity contribution in [2.24, 2.45) is 0 Å². The van der Waals surface area contributed by atoms with E-state index in [0.717, 1.165) is 0 Å². The smallest absolute Gasteiger partial charge is 0.266 e. The highest BCUT2D eigenvalue weighted by Crippen LogP contribution is 2.22. The van der Waals surface area contributed by atoms with Gasteiger partial charge in [0.05, 0.1) is 7.11 Å². The number of nitrogens with one attached hydrogen (secondary N) is 1. The number of anilines is 1. The van der Waals surface area contributed by atoms with Gasteiger partial charge in [0, 0.05) is 17.3 Å². The predicted octanol–water partition coefficient (Wildman–Crippen LogP) is 3.81. The van der Waals surface area contributed by atoms with Crippen molar-refractivity contribution in [2.45, 2.75) is 0 Å². The van der Waals surface area contributed by atoms with Gasteiger partial charge in [-0.25, -0.2) is 0 Å². The average Bonchev–Trinajstić information content (AvgIpc) is 2.65. The molecule has 0 aliphatic heterocycles. The summed E-state index contributed by atoms with van der Waals surface area (Å²) in [5, 5.41) is 12.0. The van der Waals surface area contributed by atoms with Crippen LogP contribution in [0.2, 0.25) is 0 Å². The maximum atomic E-state index is 12.4. The van der Waals surface area contributed by atoms with E-state index in [0.29, 0.717) is 29.4 Å². The molecule has 0 unspecified atom stereocenters. The number of nitriles is 1. The van der Waals surface area contributed by atoms with Crippen LogP contribution in [-0.4, -0.2) is 19.6 Å². The van der Waals surface area contributed by atoms with Crippen LogP contribution in [0.3, 0.4) is 0 Å². The van der Waals surface area contributed by atoms with Crippen LogP contribution in [0.1, 0.15) is 5.56 Å². The molecule has 0 saturated carbocycles. The third-order valence-electron chi connectivity index (χ3n) is 3.27. The summed E-state index contributed by atoms with van der Waals surface area (Å²) in [6.07, 6.45) is 3.12. The van der Waals surface area contributed by atoms with E-state index in [4.69, 9.17) is 9.47 Å². The number of benzene rings is 2. The molecular weight excluding hydrogens is 316 g/mol. The lowest BCUT2D eigenvalue weighted by atomic mass is 10.1. The summed E-state index contributed by atoms with van der Waals surface area (Å²) >= 11 is 0. The first-order chi connectivity index (χ1) is 12.2. The summed E-state index contributed by atoms with van der Waals surface area (Å²) in [5.74, 6) is 0.682. The van der Waals surface area contributed by atoms with Crippen LogP contribution in [-0.2, 0) is 4.79 Å². The summed E-state index contributed by atoms with van der Waals surface area (Å²) in [5.41, 5.74) is 1.15. The molecule has 0 aliphatic carbocycles. The van der Waals surface area contributed by atoms with E-state index in [1.165, 1.54) is 6.08 Å². The minimum absolute atomic E-state index is 0.0301. The van der Waals surface area contributed by atoms with Crippen molar-refractivity contribution in [3.63, 3.8) is 0 Å². The molecule has 5 heteroatoms. The van der Waals surface area contributed by atoms with E-state index in [1.807, 2.05) is 18.2 Å². The Morgan fingerprint density at radius 1 is 1.28 bits per heavy atom. The van der Waals surface area contributed by atoms with E-state index in [9.17, 15) is 10.1 Å². The Balaban J connectivity index is 2.23. The molecule has 0 atom stereocenters. The number of carbonyl (C=O) groups is 1. The Hall–Kier alpha value is -3.52. The minimum atomic E-state index is -0.505. The number of nitrogens with zero attached hydrogens (tertiary/aromatic N) is 1. The molecule has 0 heterocycles. The van der Waals surface area contributed by atoms with E-state index in [-0.39, 0.29) is 5.57 Å². The standard InChI is InChI=1S/C20H18N2O3/c1-3-11-25-19-10-5-4-7-15(19)12-16(14-21)20(23)22-17-8-6-9-18(13-17)24-2/h3-10,12-13H,1,11H2,2H3,(H,22,23)/b16-12+. The molecule has 0 fully saturated rings. The summed E-state index contributed by atoms with van der Waals surface area (Å²) in [6.45, 7) is 3.94. The topological polar surface area (TPSA) is 71.3 Å². The third kappa shape index (κ3) is 4.98. The number of amides is 1. The Labute approximate surface area is 146 Å². The fraction of sp³-hybridized carbons (Fsp3) is 0.100.